The number of carbonyl (C=O) groups is 1. The van der Waals surface area contributed by atoms with Crippen LogP contribution in [-0.2, 0) is 14.2 Å². The highest BCUT2D eigenvalue weighted by Gasteiger charge is 1.93. The van der Waals surface area contributed by atoms with Gasteiger partial charge in [0.15, 0.2) is 0 Å². The minimum absolute atomic E-state index is 0.187. The van der Waals surface area contributed by atoms with Crippen LogP contribution in [0.2, 0.25) is 0 Å². The van der Waals surface area contributed by atoms with Crippen LogP contribution in [0.3, 0.4) is 0 Å². The molecule has 0 spiro atoms. The van der Waals surface area contributed by atoms with Gasteiger partial charge in [0, 0.05) is 18.7 Å². The number of carbonyl (C=O) groups excluding carboxylic acids is 1. The molecule has 0 N–H and O–H groups in total. The highest BCUT2D eigenvalue weighted by Crippen LogP contribution is 1.86. The van der Waals surface area contributed by atoms with Gasteiger partial charge in [-0.1, -0.05) is 0 Å². The fourth-order valence-corrected chi connectivity index (χ4v) is 0.502. The molecule has 11 heavy (non-hydrogen) atoms. The van der Waals surface area contributed by atoms with Crippen LogP contribution in [0.15, 0.2) is 0 Å². The predicted molar refractivity (Wildman–Crippen MR) is 39.9 cm³/mol. The molecule has 0 aromatic rings. The van der Waals surface area contributed by atoms with Gasteiger partial charge < -0.3 is 14.2 Å². The maximum atomic E-state index is 10.00. The SMILES string of the molecule is COCCOCCOC(=O)Cl. The summed E-state index contributed by atoms with van der Waals surface area (Å²) in [4.78, 5) is 10.00. The van der Waals surface area contributed by atoms with Crippen molar-refractivity contribution >= 4 is 17.0 Å². The van der Waals surface area contributed by atoms with Crippen molar-refractivity contribution in [3.63, 3.8) is 0 Å². The van der Waals surface area contributed by atoms with E-state index < -0.39 is 5.43 Å². The van der Waals surface area contributed by atoms with Crippen LogP contribution in [0.4, 0.5) is 4.79 Å². The lowest BCUT2D eigenvalue weighted by molar-refractivity contribution is 0.0466. The third kappa shape index (κ3) is 9.68. The molecule has 0 fully saturated rings. The Labute approximate surface area is 70.4 Å². The van der Waals surface area contributed by atoms with Crippen LogP contribution < -0.4 is 0 Å². The molecule has 0 bridgehead atoms. The second-order valence-corrected chi connectivity index (χ2v) is 2.00. The molecule has 0 atom stereocenters. The fourth-order valence-electron chi connectivity index (χ4n) is 0.425. The second-order valence-electron chi connectivity index (χ2n) is 1.69. The molecule has 0 aliphatic heterocycles. The number of rotatable bonds is 6. The predicted octanol–water partition coefficient (Wildman–Crippen LogP) is 1.02. The Bertz CT molecular complexity index is 107. The Balaban J connectivity index is 2.85. The van der Waals surface area contributed by atoms with Gasteiger partial charge in [0.2, 0.25) is 0 Å². The van der Waals surface area contributed by atoms with Crippen molar-refractivity contribution in [3.8, 4) is 0 Å². The normalized spacial score (nSPS) is 9.64. The zero-order chi connectivity index (χ0) is 8.53. The van der Waals surface area contributed by atoms with Crippen molar-refractivity contribution in [2.75, 3.05) is 33.5 Å². The molecule has 0 heterocycles. The molecule has 0 unspecified atom stereocenters. The molecule has 66 valence electrons. The van der Waals surface area contributed by atoms with Gasteiger partial charge in [-0.25, -0.2) is 4.79 Å². The van der Waals surface area contributed by atoms with E-state index in [0.29, 0.717) is 19.8 Å². The second kappa shape index (κ2) is 7.78. The van der Waals surface area contributed by atoms with E-state index in [1.165, 1.54) is 0 Å². The van der Waals surface area contributed by atoms with Crippen LogP contribution in [0.5, 0.6) is 0 Å². The summed E-state index contributed by atoms with van der Waals surface area (Å²) >= 11 is 4.88. The van der Waals surface area contributed by atoms with E-state index >= 15 is 0 Å². The molecule has 0 aromatic carbocycles. The molecule has 4 nitrogen and oxygen atoms in total. The summed E-state index contributed by atoms with van der Waals surface area (Å²) < 4.78 is 14.1. The van der Waals surface area contributed by atoms with Gasteiger partial charge in [0.25, 0.3) is 0 Å². The van der Waals surface area contributed by atoms with Crippen LogP contribution in [0.1, 0.15) is 0 Å². The van der Waals surface area contributed by atoms with E-state index in [1.807, 2.05) is 0 Å². The summed E-state index contributed by atoms with van der Waals surface area (Å²) in [5.41, 5.74) is -0.805. The Morgan fingerprint density at radius 3 is 2.45 bits per heavy atom. The number of methoxy groups -OCH3 is 1. The Kier molecular flexibility index (Phi) is 7.56. The molecule has 5 heteroatoms. The van der Waals surface area contributed by atoms with Crippen LogP contribution in [0, 0.1) is 0 Å². The topological polar surface area (TPSA) is 44.8 Å². The molecular weight excluding hydrogens is 172 g/mol. The molecule has 0 amide bonds. The zero-order valence-electron chi connectivity index (χ0n) is 6.34. The van der Waals surface area contributed by atoms with E-state index in [9.17, 15) is 4.79 Å². The van der Waals surface area contributed by atoms with Gasteiger partial charge in [-0.3, -0.25) is 0 Å². The van der Waals surface area contributed by atoms with E-state index in [0.717, 1.165) is 0 Å². The van der Waals surface area contributed by atoms with Gasteiger partial charge in [-0.15, -0.1) is 0 Å². The molecule has 0 aliphatic rings. The minimum Gasteiger partial charge on any atom is -0.451 e. The molecular formula is C6H11ClO4. The number of hydrogen-bond acceptors (Lipinski definition) is 4. The summed E-state index contributed by atoms with van der Waals surface area (Å²) in [5.74, 6) is 0. The molecule has 0 radical (unpaired) electrons. The summed E-state index contributed by atoms with van der Waals surface area (Å²) in [5, 5.41) is 0. The van der Waals surface area contributed by atoms with Gasteiger partial charge in [0.05, 0.1) is 19.8 Å². The third-order valence-electron chi connectivity index (χ3n) is 0.875. The molecule has 0 rings (SSSR count). The fraction of sp³-hybridized carbons (Fsp3) is 0.833. The first-order valence-electron chi connectivity index (χ1n) is 3.16. The number of halogens is 1. The zero-order valence-corrected chi connectivity index (χ0v) is 7.10. The Morgan fingerprint density at radius 2 is 1.91 bits per heavy atom. The monoisotopic (exact) mass is 182 g/mol. The lowest BCUT2D eigenvalue weighted by Crippen LogP contribution is -2.08. The first kappa shape index (κ1) is 10.7. The average Bonchev–Trinajstić information content (AvgIpc) is 1.96. The van der Waals surface area contributed by atoms with Gasteiger partial charge in [0.1, 0.15) is 6.61 Å². The van der Waals surface area contributed by atoms with Gasteiger partial charge in [-0.05, 0) is 0 Å². The van der Waals surface area contributed by atoms with E-state index in [4.69, 9.17) is 21.1 Å². The lowest BCUT2D eigenvalue weighted by atomic mass is 10.7. The maximum Gasteiger partial charge on any atom is 0.403 e. The standard InChI is InChI=1S/C6H11ClO4/c1-9-2-3-10-4-5-11-6(7)8/h2-5H2,1H3. The van der Waals surface area contributed by atoms with Crippen molar-refractivity contribution in [1.82, 2.24) is 0 Å². The molecule has 0 saturated carbocycles. The summed E-state index contributed by atoms with van der Waals surface area (Å²) in [7, 11) is 1.59. The van der Waals surface area contributed by atoms with E-state index in [2.05, 4.69) is 4.74 Å². The summed E-state index contributed by atoms with van der Waals surface area (Å²) in [6, 6.07) is 0. The first-order valence-corrected chi connectivity index (χ1v) is 3.54. The smallest absolute Gasteiger partial charge is 0.403 e. The summed E-state index contributed by atoms with van der Waals surface area (Å²) in [6.45, 7) is 1.57. The van der Waals surface area contributed by atoms with Crippen LogP contribution in [0.25, 0.3) is 0 Å². The number of hydrogen-bond donors (Lipinski definition) is 0. The van der Waals surface area contributed by atoms with Crippen molar-refractivity contribution in [2.45, 2.75) is 0 Å². The highest BCUT2D eigenvalue weighted by molar-refractivity contribution is 6.61. The lowest BCUT2D eigenvalue weighted by Gasteiger charge is -2.02. The van der Waals surface area contributed by atoms with Crippen molar-refractivity contribution in [1.29, 1.82) is 0 Å². The molecule has 0 aromatic heterocycles. The van der Waals surface area contributed by atoms with Crippen molar-refractivity contribution in [2.24, 2.45) is 0 Å². The Hall–Kier alpha value is -0.320. The minimum atomic E-state index is -0.805. The Morgan fingerprint density at radius 1 is 1.27 bits per heavy atom. The van der Waals surface area contributed by atoms with Crippen LogP contribution in [-0.4, -0.2) is 39.0 Å². The highest BCUT2D eigenvalue weighted by atomic mass is 35.5. The maximum absolute atomic E-state index is 10.00. The first-order chi connectivity index (χ1) is 5.27. The third-order valence-corrected chi connectivity index (χ3v) is 0.984. The van der Waals surface area contributed by atoms with Crippen molar-refractivity contribution in [3.05, 3.63) is 0 Å². The molecule has 0 saturated heterocycles. The van der Waals surface area contributed by atoms with Crippen LogP contribution >= 0.6 is 11.6 Å². The van der Waals surface area contributed by atoms with Crippen molar-refractivity contribution < 1.29 is 19.0 Å². The van der Waals surface area contributed by atoms with Gasteiger partial charge >= 0.3 is 5.43 Å². The molecule has 0 aliphatic carbocycles. The van der Waals surface area contributed by atoms with E-state index in [1.54, 1.807) is 7.11 Å². The summed E-state index contributed by atoms with van der Waals surface area (Å²) in [6.07, 6.45) is 0. The largest absolute Gasteiger partial charge is 0.451 e. The number of ether oxygens (including phenoxy) is 3. The van der Waals surface area contributed by atoms with E-state index in [-0.39, 0.29) is 6.61 Å². The van der Waals surface area contributed by atoms with Gasteiger partial charge in [-0.2, -0.15) is 0 Å². The quantitative estimate of drug-likeness (QED) is 0.455. The average molecular weight is 183 g/mol.